The molecular formula is C8H7BrN2O3. The Kier molecular flexibility index (Phi) is 3.08. The van der Waals surface area contributed by atoms with Crippen LogP contribution in [0.1, 0.15) is 10.4 Å². The molecule has 74 valence electrons. The van der Waals surface area contributed by atoms with Crippen molar-refractivity contribution in [3.63, 3.8) is 0 Å². The Morgan fingerprint density at radius 3 is 2.50 bits per heavy atom. The molecule has 0 saturated carbocycles. The molecule has 1 aromatic rings. The minimum absolute atomic E-state index is 0.0723. The number of carboxylic acid groups (broad SMARTS) is 1. The molecule has 1 rings (SSSR count). The van der Waals surface area contributed by atoms with Crippen molar-refractivity contribution in [2.75, 3.05) is 5.32 Å². The average Bonchev–Trinajstić information content (AvgIpc) is 2.01. The van der Waals surface area contributed by atoms with Crippen molar-refractivity contribution in [1.82, 2.24) is 0 Å². The summed E-state index contributed by atoms with van der Waals surface area (Å²) < 4.78 is 0.557. The molecule has 0 spiro atoms. The van der Waals surface area contributed by atoms with Gasteiger partial charge >= 0.3 is 12.0 Å². The fourth-order valence-corrected chi connectivity index (χ4v) is 1.42. The van der Waals surface area contributed by atoms with E-state index in [0.717, 1.165) is 0 Å². The molecule has 5 nitrogen and oxygen atoms in total. The number of primary amides is 1. The smallest absolute Gasteiger partial charge is 0.335 e. The second-order valence-corrected chi connectivity index (χ2v) is 3.44. The minimum Gasteiger partial charge on any atom is -0.478 e. The summed E-state index contributed by atoms with van der Waals surface area (Å²) in [7, 11) is 0. The molecule has 2 amide bonds. The van der Waals surface area contributed by atoms with E-state index in [1.165, 1.54) is 12.1 Å². The van der Waals surface area contributed by atoms with E-state index in [-0.39, 0.29) is 5.56 Å². The number of aromatic carboxylic acids is 1. The van der Waals surface area contributed by atoms with Crippen LogP contribution in [-0.4, -0.2) is 17.1 Å². The van der Waals surface area contributed by atoms with Gasteiger partial charge in [-0.1, -0.05) is 15.9 Å². The number of anilines is 1. The van der Waals surface area contributed by atoms with Crippen LogP contribution in [0.2, 0.25) is 0 Å². The second-order valence-electron chi connectivity index (χ2n) is 2.52. The molecule has 0 saturated heterocycles. The van der Waals surface area contributed by atoms with Crippen molar-refractivity contribution in [2.24, 2.45) is 5.73 Å². The topological polar surface area (TPSA) is 92.4 Å². The second kappa shape index (κ2) is 4.10. The molecule has 6 heteroatoms. The van der Waals surface area contributed by atoms with Crippen LogP contribution < -0.4 is 11.1 Å². The van der Waals surface area contributed by atoms with Crippen molar-refractivity contribution in [2.45, 2.75) is 0 Å². The van der Waals surface area contributed by atoms with E-state index < -0.39 is 12.0 Å². The highest BCUT2D eigenvalue weighted by Crippen LogP contribution is 2.19. The number of hydrogen-bond donors (Lipinski definition) is 3. The normalized spacial score (nSPS) is 9.50. The van der Waals surface area contributed by atoms with E-state index in [1.807, 2.05) is 0 Å². The lowest BCUT2D eigenvalue weighted by Gasteiger charge is -2.03. The first-order chi connectivity index (χ1) is 6.49. The SMILES string of the molecule is NC(=O)Nc1cc(Br)cc(C(=O)O)c1. The predicted molar refractivity (Wildman–Crippen MR) is 54.3 cm³/mol. The van der Waals surface area contributed by atoms with Crippen molar-refractivity contribution in [3.8, 4) is 0 Å². The van der Waals surface area contributed by atoms with E-state index in [4.69, 9.17) is 10.8 Å². The van der Waals surface area contributed by atoms with Gasteiger partial charge in [0.1, 0.15) is 0 Å². The van der Waals surface area contributed by atoms with Gasteiger partial charge in [-0.15, -0.1) is 0 Å². The Morgan fingerprint density at radius 1 is 1.36 bits per heavy atom. The predicted octanol–water partition coefficient (Wildman–Crippen LogP) is 1.64. The zero-order chi connectivity index (χ0) is 10.7. The fraction of sp³-hybridized carbons (Fsp3) is 0. The van der Waals surface area contributed by atoms with Gasteiger partial charge in [0.2, 0.25) is 0 Å². The third-order valence-corrected chi connectivity index (χ3v) is 1.87. The monoisotopic (exact) mass is 258 g/mol. The van der Waals surface area contributed by atoms with Gasteiger partial charge in [0.05, 0.1) is 5.56 Å². The van der Waals surface area contributed by atoms with Crippen LogP contribution >= 0.6 is 15.9 Å². The van der Waals surface area contributed by atoms with Crippen molar-refractivity contribution >= 4 is 33.6 Å². The summed E-state index contributed by atoms with van der Waals surface area (Å²) in [6.07, 6.45) is 0. The Labute approximate surface area is 88.0 Å². The maximum atomic E-state index is 10.6. The van der Waals surface area contributed by atoms with E-state index in [2.05, 4.69) is 21.2 Å². The zero-order valence-corrected chi connectivity index (χ0v) is 8.54. The summed E-state index contributed by atoms with van der Waals surface area (Å²) >= 11 is 3.12. The molecule has 0 aromatic heterocycles. The molecule has 0 heterocycles. The number of nitrogens with two attached hydrogens (primary N) is 1. The number of amides is 2. The quantitative estimate of drug-likeness (QED) is 0.753. The average molecular weight is 259 g/mol. The third kappa shape index (κ3) is 2.74. The lowest BCUT2D eigenvalue weighted by atomic mass is 10.2. The molecule has 0 aliphatic heterocycles. The van der Waals surface area contributed by atoms with Crippen LogP contribution in [0.5, 0.6) is 0 Å². The van der Waals surface area contributed by atoms with Crippen molar-refractivity contribution in [1.29, 1.82) is 0 Å². The Bertz CT molecular complexity index is 392. The first-order valence-electron chi connectivity index (χ1n) is 3.59. The van der Waals surface area contributed by atoms with Crippen LogP contribution in [-0.2, 0) is 0 Å². The molecule has 0 radical (unpaired) electrons. The van der Waals surface area contributed by atoms with Crippen LogP contribution in [0.3, 0.4) is 0 Å². The van der Waals surface area contributed by atoms with Gasteiger partial charge in [-0.05, 0) is 18.2 Å². The number of carboxylic acids is 1. The van der Waals surface area contributed by atoms with E-state index in [9.17, 15) is 9.59 Å². The number of nitrogens with one attached hydrogen (secondary N) is 1. The molecule has 0 unspecified atom stereocenters. The summed E-state index contributed by atoms with van der Waals surface area (Å²) in [5.74, 6) is -1.07. The molecule has 0 atom stereocenters. The zero-order valence-electron chi connectivity index (χ0n) is 6.95. The number of carbonyl (C=O) groups excluding carboxylic acids is 1. The summed E-state index contributed by atoms with van der Waals surface area (Å²) in [6.45, 7) is 0. The highest BCUT2D eigenvalue weighted by molar-refractivity contribution is 9.10. The number of rotatable bonds is 2. The third-order valence-electron chi connectivity index (χ3n) is 1.41. The minimum atomic E-state index is -1.07. The van der Waals surface area contributed by atoms with E-state index in [1.54, 1.807) is 6.07 Å². The molecule has 14 heavy (non-hydrogen) atoms. The van der Waals surface area contributed by atoms with Crippen LogP contribution in [0.4, 0.5) is 10.5 Å². The molecule has 0 bridgehead atoms. The maximum absolute atomic E-state index is 10.6. The Balaban J connectivity index is 3.07. The lowest BCUT2D eigenvalue weighted by Crippen LogP contribution is -2.19. The van der Waals surface area contributed by atoms with Gasteiger partial charge in [0.25, 0.3) is 0 Å². The standard InChI is InChI=1S/C8H7BrN2O3/c9-5-1-4(7(12)13)2-6(3-5)11-8(10)14/h1-3H,(H,12,13)(H3,10,11,14). The van der Waals surface area contributed by atoms with Gasteiger partial charge < -0.3 is 16.2 Å². The van der Waals surface area contributed by atoms with E-state index in [0.29, 0.717) is 10.2 Å². The van der Waals surface area contributed by atoms with Crippen molar-refractivity contribution in [3.05, 3.63) is 28.2 Å². The number of urea groups is 1. The van der Waals surface area contributed by atoms with Gasteiger partial charge in [0.15, 0.2) is 0 Å². The Hall–Kier alpha value is -1.56. The molecule has 0 aliphatic carbocycles. The summed E-state index contributed by atoms with van der Waals surface area (Å²) in [6, 6.07) is 3.56. The van der Waals surface area contributed by atoms with Gasteiger partial charge in [-0.2, -0.15) is 0 Å². The molecule has 4 N–H and O–H groups in total. The van der Waals surface area contributed by atoms with E-state index >= 15 is 0 Å². The van der Waals surface area contributed by atoms with Crippen LogP contribution in [0, 0.1) is 0 Å². The molecule has 0 fully saturated rings. The Morgan fingerprint density at radius 2 is 2.00 bits per heavy atom. The maximum Gasteiger partial charge on any atom is 0.335 e. The fourth-order valence-electron chi connectivity index (χ4n) is 0.928. The largest absolute Gasteiger partial charge is 0.478 e. The molecule has 1 aromatic carbocycles. The molecule has 0 aliphatic rings. The molecular weight excluding hydrogens is 252 g/mol. The lowest BCUT2D eigenvalue weighted by molar-refractivity contribution is 0.0697. The number of halogens is 1. The first kappa shape index (κ1) is 10.5. The first-order valence-corrected chi connectivity index (χ1v) is 4.38. The summed E-state index contributed by atoms with van der Waals surface area (Å²) in [4.78, 5) is 21.1. The van der Waals surface area contributed by atoms with Gasteiger partial charge in [-0.25, -0.2) is 9.59 Å². The van der Waals surface area contributed by atoms with Gasteiger partial charge in [-0.3, -0.25) is 0 Å². The highest BCUT2D eigenvalue weighted by atomic mass is 79.9. The summed E-state index contributed by atoms with van der Waals surface area (Å²) in [5, 5.41) is 11.0. The summed E-state index contributed by atoms with van der Waals surface area (Å²) in [5.41, 5.74) is 5.30. The van der Waals surface area contributed by atoms with Crippen LogP contribution in [0.25, 0.3) is 0 Å². The van der Waals surface area contributed by atoms with Gasteiger partial charge in [0, 0.05) is 10.2 Å². The highest BCUT2D eigenvalue weighted by Gasteiger charge is 2.06. The van der Waals surface area contributed by atoms with Crippen LogP contribution in [0.15, 0.2) is 22.7 Å². The van der Waals surface area contributed by atoms with Crippen molar-refractivity contribution < 1.29 is 14.7 Å². The number of carbonyl (C=O) groups is 2. The number of benzene rings is 1. The number of hydrogen-bond acceptors (Lipinski definition) is 2.